The van der Waals surface area contributed by atoms with E-state index in [0.717, 1.165) is 0 Å². The fraction of sp³-hybridized carbons (Fsp3) is 0.182. The van der Waals surface area contributed by atoms with Crippen LogP contribution in [-0.2, 0) is 9.59 Å². The second-order valence-electron chi connectivity index (χ2n) is 3.40. The number of aryl methyl sites for hydroxylation is 2. The molecule has 0 radical (unpaired) electrons. The van der Waals surface area contributed by atoms with Crippen molar-refractivity contribution < 1.29 is 19.5 Å². The van der Waals surface area contributed by atoms with Gasteiger partial charge in [-0.3, -0.25) is 9.59 Å². The first-order valence-corrected chi connectivity index (χ1v) is 4.56. The number of carboxylic acids is 1. The van der Waals surface area contributed by atoms with Crippen LogP contribution in [0, 0.1) is 13.8 Å². The molecule has 0 unspecified atom stereocenters. The Morgan fingerprint density at radius 1 is 1.25 bits per heavy atom. The number of benzene rings is 1. The molecule has 0 spiro atoms. The second-order valence-corrected chi connectivity index (χ2v) is 3.40. The van der Waals surface area contributed by atoms with E-state index in [0.29, 0.717) is 16.8 Å². The Bertz CT molecular complexity index is 442. The third-order valence-electron chi connectivity index (χ3n) is 2.13. The summed E-state index contributed by atoms with van der Waals surface area (Å²) in [6, 6.07) is 2.88. The molecular formula is C11H11NO4. The highest BCUT2D eigenvalue weighted by Crippen LogP contribution is 2.22. The molecule has 1 aromatic carbocycles. The van der Waals surface area contributed by atoms with Gasteiger partial charge < -0.3 is 10.4 Å². The van der Waals surface area contributed by atoms with Crippen LogP contribution in [0.2, 0.25) is 0 Å². The smallest absolute Gasteiger partial charge is 0.335 e. The lowest BCUT2D eigenvalue weighted by molar-refractivity contribution is -0.127. The molecule has 0 fully saturated rings. The van der Waals surface area contributed by atoms with Crippen LogP contribution in [0.15, 0.2) is 12.1 Å². The van der Waals surface area contributed by atoms with Crippen LogP contribution in [0.25, 0.3) is 0 Å². The number of anilines is 1. The fourth-order valence-corrected chi connectivity index (χ4v) is 1.44. The van der Waals surface area contributed by atoms with E-state index >= 15 is 0 Å². The Hall–Kier alpha value is -2.17. The molecule has 1 amide bonds. The van der Waals surface area contributed by atoms with Crippen LogP contribution in [-0.4, -0.2) is 23.3 Å². The van der Waals surface area contributed by atoms with Gasteiger partial charge in [0, 0.05) is 5.69 Å². The standard InChI is InChI=1S/C11H11NO4/c1-6-3-8(11(15)16)4-7(2)10(6)12-9(14)5-13/h3-5H,1-2H3,(H,12,14)(H,15,16). The summed E-state index contributed by atoms with van der Waals surface area (Å²) in [6.45, 7) is 3.33. The number of hydrogen-bond acceptors (Lipinski definition) is 3. The van der Waals surface area contributed by atoms with Gasteiger partial charge in [-0.15, -0.1) is 0 Å². The molecule has 0 heterocycles. The Balaban J connectivity index is 3.17. The van der Waals surface area contributed by atoms with Crippen molar-refractivity contribution >= 4 is 23.9 Å². The van der Waals surface area contributed by atoms with Crippen molar-refractivity contribution in [2.45, 2.75) is 13.8 Å². The highest BCUT2D eigenvalue weighted by molar-refractivity contribution is 6.29. The molecule has 0 aliphatic rings. The van der Waals surface area contributed by atoms with Crippen molar-refractivity contribution in [2.24, 2.45) is 0 Å². The molecule has 0 saturated heterocycles. The molecule has 0 bridgehead atoms. The van der Waals surface area contributed by atoms with Gasteiger partial charge in [0.05, 0.1) is 5.56 Å². The first-order chi connectivity index (χ1) is 7.45. The first-order valence-electron chi connectivity index (χ1n) is 4.56. The number of rotatable bonds is 3. The van der Waals surface area contributed by atoms with Crippen LogP contribution >= 0.6 is 0 Å². The number of carbonyl (C=O) groups excluding carboxylic acids is 2. The number of carboxylic acid groups (broad SMARTS) is 1. The molecule has 1 rings (SSSR count). The maximum absolute atomic E-state index is 10.9. The lowest BCUT2D eigenvalue weighted by Gasteiger charge is -2.10. The second kappa shape index (κ2) is 4.57. The average Bonchev–Trinajstić information content (AvgIpc) is 2.22. The molecular weight excluding hydrogens is 210 g/mol. The number of hydrogen-bond donors (Lipinski definition) is 2. The normalized spacial score (nSPS) is 9.62. The summed E-state index contributed by atoms with van der Waals surface area (Å²) in [5.74, 6) is -1.78. The first kappa shape index (κ1) is 11.9. The zero-order valence-corrected chi connectivity index (χ0v) is 8.90. The van der Waals surface area contributed by atoms with Crippen molar-refractivity contribution in [3.05, 3.63) is 28.8 Å². The summed E-state index contributed by atoms with van der Waals surface area (Å²) in [7, 11) is 0. The van der Waals surface area contributed by atoms with Gasteiger partial charge in [-0.25, -0.2) is 4.79 Å². The molecule has 2 N–H and O–H groups in total. The van der Waals surface area contributed by atoms with E-state index in [1.807, 2.05) is 0 Å². The van der Waals surface area contributed by atoms with E-state index in [-0.39, 0.29) is 11.8 Å². The molecule has 84 valence electrons. The summed E-state index contributed by atoms with van der Waals surface area (Å²) in [4.78, 5) is 31.9. The topological polar surface area (TPSA) is 83.5 Å². The summed E-state index contributed by atoms with van der Waals surface area (Å²) < 4.78 is 0. The summed E-state index contributed by atoms with van der Waals surface area (Å²) in [5.41, 5.74) is 1.83. The molecule has 0 atom stereocenters. The van der Waals surface area contributed by atoms with Crippen molar-refractivity contribution in [3.8, 4) is 0 Å². The predicted molar refractivity (Wildman–Crippen MR) is 57.6 cm³/mol. The van der Waals surface area contributed by atoms with Gasteiger partial charge in [0.25, 0.3) is 5.91 Å². The van der Waals surface area contributed by atoms with E-state index in [9.17, 15) is 14.4 Å². The maximum atomic E-state index is 10.9. The Labute approximate surface area is 92.1 Å². The van der Waals surface area contributed by atoms with Gasteiger partial charge >= 0.3 is 5.97 Å². The summed E-state index contributed by atoms with van der Waals surface area (Å²) in [5, 5.41) is 11.2. The minimum absolute atomic E-state index is 0.152. The third kappa shape index (κ3) is 2.44. The molecule has 0 aliphatic carbocycles. The lowest BCUT2D eigenvalue weighted by Crippen LogP contribution is -2.14. The summed E-state index contributed by atoms with van der Waals surface area (Å²) in [6.07, 6.45) is 0.171. The van der Waals surface area contributed by atoms with Gasteiger partial charge in [-0.1, -0.05) is 0 Å². The summed E-state index contributed by atoms with van der Waals surface area (Å²) >= 11 is 0. The van der Waals surface area contributed by atoms with Crippen molar-refractivity contribution in [1.29, 1.82) is 0 Å². The molecule has 16 heavy (non-hydrogen) atoms. The lowest BCUT2D eigenvalue weighted by atomic mass is 10.0. The van der Waals surface area contributed by atoms with Crippen LogP contribution < -0.4 is 5.32 Å². The number of aldehydes is 1. The van der Waals surface area contributed by atoms with E-state index in [4.69, 9.17) is 5.11 Å². The van der Waals surface area contributed by atoms with Crippen molar-refractivity contribution in [2.75, 3.05) is 5.32 Å². The van der Waals surface area contributed by atoms with Crippen LogP contribution in [0.1, 0.15) is 21.5 Å². The molecule has 0 aromatic heterocycles. The number of aromatic carboxylic acids is 1. The zero-order chi connectivity index (χ0) is 12.3. The van der Waals surface area contributed by atoms with Crippen LogP contribution in [0.4, 0.5) is 5.69 Å². The molecule has 0 saturated carbocycles. The largest absolute Gasteiger partial charge is 0.478 e. The van der Waals surface area contributed by atoms with E-state index < -0.39 is 11.9 Å². The van der Waals surface area contributed by atoms with Gasteiger partial charge in [0.15, 0.2) is 0 Å². The molecule has 0 aliphatic heterocycles. The quantitative estimate of drug-likeness (QED) is 0.592. The average molecular weight is 221 g/mol. The molecule has 5 nitrogen and oxygen atoms in total. The highest BCUT2D eigenvalue weighted by Gasteiger charge is 2.11. The number of amides is 1. The van der Waals surface area contributed by atoms with Crippen molar-refractivity contribution in [1.82, 2.24) is 0 Å². The molecule has 5 heteroatoms. The zero-order valence-electron chi connectivity index (χ0n) is 8.90. The Morgan fingerprint density at radius 2 is 1.75 bits per heavy atom. The fourth-order valence-electron chi connectivity index (χ4n) is 1.44. The monoisotopic (exact) mass is 221 g/mol. The van der Waals surface area contributed by atoms with Gasteiger partial charge in [0.2, 0.25) is 6.29 Å². The van der Waals surface area contributed by atoms with E-state index in [2.05, 4.69) is 5.32 Å². The SMILES string of the molecule is Cc1cc(C(=O)O)cc(C)c1NC(=O)C=O. The number of carbonyl (C=O) groups is 3. The minimum Gasteiger partial charge on any atom is -0.478 e. The van der Waals surface area contributed by atoms with E-state index in [1.165, 1.54) is 12.1 Å². The molecule has 1 aromatic rings. The van der Waals surface area contributed by atoms with Crippen LogP contribution in [0.3, 0.4) is 0 Å². The Kier molecular flexibility index (Phi) is 3.40. The van der Waals surface area contributed by atoms with Gasteiger partial charge in [-0.2, -0.15) is 0 Å². The maximum Gasteiger partial charge on any atom is 0.335 e. The van der Waals surface area contributed by atoms with Gasteiger partial charge in [0.1, 0.15) is 0 Å². The minimum atomic E-state index is -1.03. The predicted octanol–water partition coefficient (Wildman–Crippen LogP) is 1.14. The highest BCUT2D eigenvalue weighted by atomic mass is 16.4. The third-order valence-corrected chi connectivity index (χ3v) is 2.13. The number of nitrogens with one attached hydrogen (secondary N) is 1. The van der Waals surface area contributed by atoms with E-state index in [1.54, 1.807) is 13.8 Å². The van der Waals surface area contributed by atoms with Crippen LogP contribution in [0.5, 0.6) is 0 Å². The van der Waals surface area contributed by atoms with Gasteiger partial charge in [-0.05, 0) is 37.1 Å². The van der Waals surface area contributed by atoms with Crippen molar-refractivity contribution in [3.63, 3.8) is 0 Å². The Morgan fingerprint density at radius 3 is 2.12 bits per heavy atom.